The third kappa shape index (κ3) is 7.26. The molecule has 2 aromatic carbocycles. The van der Waals surface area contributed by atoms with E-state index in [4.69, 9.17) is 33.2 Å². The van der Waals surface area contributed by atoms with Gasteiger partial charge in [0.1, 0.15) is 36.6 Å². The Morgan fingerprint density at radius 1 is 0.718 bits per heavy atom. The average molecular weight is 543 g/mol. The molecule has 214 valence electrons. The molecular weight excluding hydrogens is 500 g/mol. The molecule has 1 N–H and O–H groups in total. The molecule has 39 heavy (non-hydrogen) atoms. The first-order valence-corrected chi connectivity index (χ1v) is 13.9. The van der Waals surface area contributed by atoms with Crippen LogP contribution in [0.25, 0.3) is 0 Å². The highest BCUT2D eigenvalue weighted by molar-refractivity contribution is 5.15. The Morgan fingerprint density at radius 2 is 1.26 bits per heavy atom. The molecule has 2 aromatic rings. The Morgan fingerprint density at radius 3 is 1.85 bits per heavy atom. The zero-order valence-electron chi connectivity index (χ0n) is 23.4. The average Bonchev–Trinajstić information content (AvgIpc) is 3.25. The van der Waals surface area contributed by atoms with E-state index in [2.05, 4.69) is 13.8 Å². The predicted octanol–water partition coefficient (Wildman–Crippen LogP) is 4.23. The van der Waals surface area contributed by atoms with Gasteiger partial charge in [-0.2, -0.15) is 0 Å². The van der Waals surface area contributed by atoms with E-state index in [9.17, 15) is 5.11 Å². The fraction of sp³-hybridized carbons (Fsp3) is 0.613. The molecule has 0 amide bonds. The van der Waals surface area contributed by atoms with Crippen LogP contribution in [0.3, 0.4) is 0 Å². The van der Waals surface area contributed by atoms with Gasteiger partial charge in [-0.25, -0.2) is 0 Å². The highest BCUT2D eigenvalue weighted by atomic mass is 16.8. The molecule has 5 rings (SSSR count). The van der Waals surface area contributed by atoms with E-state index in [1.165, 1.54) is 0 Å². The van der Waals surface area contributed by atoms with E-state index in [-0.39, 0.29) is 11.7 Å². The summed E-state index contributed by atoms with van der Waals surface area (Å²) in [4.78, 5) is 0. The fourth-order valence-electron chi connectivity index (χ4n) is 5.39. The standard InChI is InChI=1S/C31H42O8/c1-30(2)19-36-23(37-20-30)15-16-33-25-24(32)26-29(39-31(3,4)38-26)28(35-18-22-13-9-6-10-14-22)27(25)34-17-21-11-7-5-8-12-21/h5-14,23-29,32H,15-20H2,1-4H3/t24-,25-,26-,27+,28-,29-/m0/s1. The summed E-state index contributed by atoms with van der Waals surface area (Å²) in [6.45, 7) is 10.2. The SMILES string of the molecule is CC1(C)COC(CCO[C@H]2[C@H](O)[C@@H]3OC(C)(C)O[C@@H]3[C@@H](OCc3ccccc3)[C@@H]2OCc2ccccc2)OC1. The number of fused-ring (bicyclic) bond motifs is 1. The molecular formula is C31H42O8. The van der Waals surface area contributed by atoms with Crippen LogP contribution in [-0.2, 0) is 46.4 Å². The van der Waals surface area contributed by atoms with Gasteiger partial charge in [0.2, 0.25) is 0 Å². The van der Waals surface area contributed by atoms with Gasteiger partial charge in [0.25, 0.3) is 0 Å². The molecule has 6 atom stereocenters. The number of ether oxygens (including phenoxy) is 7. The molecule has 2 heterocycles. The van der Waals surface area contributed by atoms with Gasteiger partial charge in [-0.05, 0) is 25.0 Å². The molecule has 1 aliphatic carbocycles. The molecule has 2 saturated heterocycles. The first kappa shape index (κ1) is 28.6. The predicted molar refractivity (Wildman–Crippen MR) is 144 cm³/mol. The maximum atomic E-state index is 11.5. The van der Waals surface area contributed by atoms with Crippen molar-refractivity contribution in [1.82, 2.24) is 0 Å². The van der Waals surface area contributed by atoms with Crippen LogP contribution in [0.15, 0.2) is 60.7 Å². The second-order valence-corrected chi connectivity index (χ2v) is 11.9. The summed E-state index contributed by atoms with van der Waals surface area (Å²) in [6, 6.07) is 19.9. The Balaban J connectivity index is 1.34. The lowest BCUT2D eigenvalue weighted by molar-refractivity contribution is -0.251. The third-order valence-electron chi connectivity index (χ3n) is 7.36. The van der Waals surface area contributed by atoms with Crippen molar-refractivity contribution in [2.45, 2.75) is 96.0 Å². The van der Waals surface area contributed by atoms with Crippen molar-refractivity contribution in [2.75, 3.05) is 19.8 Å². The molecule has 0 radical (unpaired) electrons. The largest absolute Gasteiger partial charge is 0.387 e. The highest BCUT2D eigenvalue weighted by Gasteiger charge is 2.59. The number of rotatable bonds is 10. The van der Waals surface area contributed by atoms with Crippen molar-refractivity contribution in [3.8, 4) is 0 Å². The van der Waals surface area contributed by atoms with Crippen molar-refractivity contribution < 1.29 is 38.3 Å². The van der Waals surface area contributed by atoms with E-state index >= 15 is 0 Å². The quantitative estimate of drug-likeness (QED) is 0.478. The van der Waals surface area contributed by atoms with Gasteiger partial charge in [0.15, 0.2) is 12.1 Å². The molecule has 0 spiro atoms. The van der Waals surface area contributed by atoms with Gasteiger partial charge < -0.3 is 38.3 Å². The second-order valence-electron chi connectivity index (χ2n) is 11.9. The molecule has 0 unspecified atom stereocenters. The first-order valence-electron chi connectivity index (χ1n) is 13.9. The molecule has 8 heteroatoms. The van der Waals surface area contributed by atoms with Crippen LogP contribution in [0, 0.1) is 5.41 Å². The summed E-state index contributed by atoms with van der Waals surface area (Å²) in [5.41, 5.74) is 2.05. The molecule has 0 aromatic heterocycles. The van der Waals surface area contributed by atoms with Gasteiger partial charge in [-0.3, -0.25) is 0 Å². The number of aliphatic hydroxyl groups is 1. The maximum Gasteiger partial charge on any atom is 0.164 e. The molecule has 1 saturated carbocycles. The lowest BCUT2D eigenvalue weighted by Gasteiger charge is -2.45. The first-order chi connectivity index (χ1) is 18.7. The van der Waals surface area contributed by atoms with Crippen molar-refractivity contribution in [3.63, 3.8) is 0 Å². The van der Waals surface area contributed by atoms with Crippen LogP contribution in [0.2, 0.25) is 0 Å². The van der Waals surface area contributed by atoms with Crippen molar-refractivity contribution >= 4 is 0 Å². The molecule has 3 aliphatic rings. The van der Waals surface area contributed by atoms with Crippen LogP contribution in [0.5, 0.6) is 0 Å². The van der Waals surface area contributed by atoms with E-state index in [1.807, 2.05) is 74.5 Å². The van der Waals surface area contributed by atoms with Gasteiger partial charge in [-0.1, -0.05) is 74.5 Å². The summed E-state index contributed by atoms with van der Waals surface area (Å²) in [5.74, 6) is -0.875. The minimum atomic E-state index is -0.971. The number of hydrogen-bond acceptors (Lipinski definition) is 8. The van der Waals surface area contributed by atoms with Crippen molar-refractivity contribution in [1.29, 1.82) is 0 Å². The zero-order chi connectivity index (χ0) is 27.5. The summed E-state index contributed by atoms with van der Waals surface area (Å²) in [7, 11) is 0. The molecule has 2 aliphatic heterocycles. The van der Waals surface area contributed by atoms with Crippen LogP contribution < -0.4 is 0 Å². The van der Waals surface area contributed by atoms with Crippen LogP contribution in [0.4, 0.5) is 0 Å². The van der Waals surface area contributed by atoms with Crippen molar-refractivity contribution in [2.24, 2.45) is 5.41 Å². The smallest absolute Gasteiger partial charge is 0.164 e. The topological polar surface area (TPSA) is 84.8 Å². The summed E-state index contributed by atoms with van der Waals surface area (Å²) < 4.78 is 43.6. The lowest BCUT2D eigenvalue weighted by Crippen LogP contribution is -2.64. The normalized spacial score (nSPS) is 32.1. The Bertz CT molecular complexity index is 1020. The Labute approximate surface area is 231 Å². The van der Waals surface area contributed by atoms with Gasteiger partial charge in [0, 0.05) is 11.8 Å². The van der Waals surface area contributed by atoms with E-state index in [1.54, 1.807) is 0 Å². The minimum absolute atomic E-state index is 0.00175. The van der Waals surface area contributed by atoms with E-state index in [0.717, 1.165) is 11.1 Å². The monoisotopic (exact) mass is 542 g/mol. The summed E-state index contributed by atoms with van der Waals surface area (Å²) >= 11 is 0. The number of benzene rings is 2. The van der Waals surface area contributed by atoms with Gasteiger partial charge >= 0.3 is 0 Å². The molecule has 8 nitrogen and oxygen atoms in total. The third-order valence-corrected chi connectivity index (χ3v) is 7.36. The molecule has 0 bridgehead atoms. The second kappa shape index (κ2) is 12.3. The molecule has 3 fully saturated rings. The lowest BCUT2D eigenvalue weighted by atomic mass is 9.84. The number of aliphatic hydroxyl groups excluding tert-OH is 1. The Kier molecular flexibility index (Phi) is 9.05. The van der Waals surface area contributed by atoms with E-state index < -0.39 is 42.4 Å². The number of hydrogen-bond donors (Lipinski definition) is 1. The summed E-state index contributed by atoms with van der Waals surface area (Å²) in [5, 5.41) is 11.5. The summed E-state index contributed by atoms with van der Waals surface area (Å²) in [6.07, 6.45) is -3.75. The fourth-order valence-corrected chi connectivity index (χ4v) is 5.39. The van der Waals surface area contributed by atoms with Gasteiger partial charge in [0.05, 0.1) is 33.0 Å². The van der Waals surface area contributed by atoms with Gasteiger partial charge in [-0.15, -0.1) is 0 Å². The minimum Gasteiger partial charge on any atom is -0.387 e. The Hall–Kier alpha value is -1.88. The van der Waals surface area contributed by atoms with Crippen LogP contribution in [0.1, 0.15) is 45.2 Å². The van der Waals surface area contributed by atoms with E-state index in [0.29, 0.717) is 39.5 Å². The van der Waals surface area contributed by atoms with Crippen LogP contribution >= 0.6 is 0 Å². The van der Waals surface area contributed by atoms with Crippen molar-refractivity contribution in [3.05, 3.63) is 71.8 Å². The zero-order valence-corrected chi connectivity index (χ0v) is 23.4. The van der Waals surface area contributed by atoms with Crippen LogP contribution in [-0.4, -0.2) is 73.6 Å². The highest BCUT2D eigenvalue weighted by Crippen LogP contribution is 2.41. The maximum absolute atomic E-state index is 11.5.